The van der Waals surface area contributed by atoms with Gasteiger partial charge < -0.3 is 74.0 Å². The molecular weight excluding hydrogens is 935 g/mol. The Hall–Kier alpha value is -5.99. The number of likely N-dealkylation sites (tertiary alicyclic amines) is 1. The summed E-state index contributed by atoms with van der Waals surface area (Å²) >= 11 is 0. The minimum atomic E-state index is -1.90. The third-order valence-corrected chi connectivity index (χ3v) is 11.5. The maximum Gasteiger partial charge on any atom is 0.325 e. The van der Waals surface area contributed by atoms with Crippen LogP contribution in [0, 0.1) is 17.8 Å². The zero-order valence-corrected chi connectivity index (χ0v) is 42.6. The molecule has 26 nitrogen and oxygen atoms in total. The summed E-state index contributed by atoms with van der Waals surface area (Å²) in [5, 5.41) is 62.0. The molecule has 1 aliphatic rings. The largest absolute Gasteiger partial charge is 0.480 e. The first-order valence-corrected chi connectivity index (χ1v) is 23.8. The van der Waals surface area contributed by atoms with Crippen molar-refractivity contribution in [1.82, 2.24) is 52.8 Å². The molecule has 12 atom stereocenters. The summed E-state index contributed by atoms with van der Waals surface area (Å²) < 4.78 is 0. The predicted molar refractivity (Wildman–Crippen MR) is 255 cm³/mol. The van der Waals surface area contributed by atoms with Crippen molar-refractivity contribution in [3.05, 3.63) is 0 Å². The third kappa shape index (κ3) is 21.5. The molecule has 404 valence electrons. The molecule has 10 amide bonds. The predicted octanol–water partition coefficient (Wildman–Crippen LogP) is -4.66. The van der Waals surface area contributed by atoms with Gasteiger partial charge in [0.05, 0.1) is 24.9 Å². The van der Waals surface area contributed by atoms with Crippen LogP contribution in [-0.2, 0) is 52.7 Å². The Morgan fingerprint density at radius 2 is 0.944 bits per heavy atom. The van der Waals surface area contributed by atoms with E-state index in [0.717, 1.165) is 26.8 Å². The fourth-order valence-electron chi connectivity index (χ4n) is 7.34. The van der Waals surface area contributed by atoms with Crippen molar-refractivity contribution in [2.75, 3.05) is 20.2 Å². The van der Waals surface area contributed by atoms with Crippen LogP contribution < -0.4 is 53.6 Å². The Morgan fingerprint density at radius 3 is 1.39 bits per heavy atom. The van der Waals surface area contributed by atoms with E-state index in [0.29, 0.717) is 6.42 Å². The minimum absolute atomic E-state index is 0.0353. The molecule has 0 radical (unpaired) electrons. The van der Waals surface area contributed by atoms with Gasteiger partial charge in [-0.2, -0.15) is 0 Å². The number of primary amides is 1. The summed E-state index contributed by atoms with van der Waals surface area (Å²) in [6, 6.07) is -13.8. The maximum atomic E-state index is 13.7. The number of carboxylic acid groups (broad SMARTS) is 1. The highest BCUT2D eigenvalue weighted by atomic mass is 16.4. The molecule has 0 unspecified atom stereocenters. The quantitative estimate of drug-likeness (QED) is 0.0322. The molecule has 0 aliphatic carbocycles. The number of aliphatic carboxylic acids is 1. The number of carboxylic acids is 1. The molecule has 0 spiro atoms. The van der Waals surface area contributed by atoms with E-state index in [4.69, 9.17) is 5.73 Å². The summed E-state index contributed by atoms with van der Waals surface area (Å²) in [7, 11) is 1.81. The van der Waals surface area contributed by atoms with E-state index in [1.807, 2.05) is 18.7 Å². The number of aliphatic hydroxyl groups excluding tert-OH is 3. The average molecular weight is 1010 g/mol. The van der Waals surface area contributed by atoms with Crippen LogP contribution in [-0.4, -0.2) is 183 Å². The van der Waals surface area contributed by atoms with E-state index in [1.54, 1.807) is 34.7 Å². The van der Waals surface area contributed by atoms with Crippen molar-refractivity contribution >= 4 is 65.0 Å². The van der Waals surface area contributed by atoms with E-state index in [-0.39, 0.29) is 30.6 Å². The highest BCUT2D eigenvalue weighted by Crippen LogP contribution is 2.16. The molecule has 0 bridgehead atoms. The van der Waals surface area contributed by atoms with E-state index in [2.05, 4.69) is 47.9 Å². The highest BCUT2D eigenvalue weighted by molar-refractivity contribution is 5.99. The van der Waals surface area contributed by atoms with Gasteiger partial charge in [-0.25, -0.2) is 0 Å². The second-order valence-corrected chi connectivity index (χ2v) is 19.3. The van der Waals surface area contributed by atoms with Gasteiger partial charge in [0.25, 0.3) is 0 Å². The van der Waals surface area contributed by atoms with Crippen molar-refractivity contribution in [2.45, 2.75) is 180 Å². The van der Waals surface area contributed by atoms with Crippen LogP contribution in [0.4, 0.5) is 0 Å². The zero-order chi connectivity index (χ0) is 54.6. The smallest absolute Gasteiger partial charge is 0.325 e. The number of amides is 10. The van der Waals surface area contributed by atoms with Gasteiger partial charge in [0, 0.05) is 6.42 Å². The number of aliphatic hydroxyl groups is 3. The summed E-state index contributed by atoms with van der Waals surface area (Å²) in [5.41, 5.74) is 5.31. The Bertz CT molecular complexity index is 1880. The first-order chi connectivity index (χ1) is 32.9. The van der Waals surface area contributed by atoms with Crippen LogP contribution in [0.25, 0.3) is 0 Å². The summed E-state index contributed by atoms with van der Waals surface area (Å²) in [6.07, 6.45) is -2.61. The molecule has 15 N–H and O–H groups in total. The van der Waals surface area contributed by atoms with Crippen molar-refractivity contribution in [1.29, 1.82) is 0 Å². The monoisotopic (exact) mass is 1010 g/mol. The summed E-state index contributed by atoms with van der Waals surface area (Å²) in [4.78, 5) is 146. The summed E-state index contributed by atoms with van der Waals surface area (Å²) in [5.74, 6) is -11.3. The Morgan fingerprint density at radius 1 is 0.535 bits per heavy atom. The van der Waals surface area contributed by atoms with E-state index < -0.39 is 157 Å². The Balaban J connectivity index is 3.21. The Labute approximate surface area is 414 Å². The van der Waals surface area contributed by atoms with E-state index in [9.17, 15) is 73.2 Å². The lowest BCUT2D eigenvalue weighted by molar-refractivity contribution is -0.142. The van der Waals surface area contributed by atoms with Crippen LogP contribution in [0.2, 0.25) is 0 Å². The zero-order valence-electron chi connectivity index (χ0n) is 42.6. The molecule has 1 fully saturated rings. The second kappa shape index (κ2) is 30.0. The van der Waals surface area contributed by atoms with Crippen LogP contribution in [0.15, 0.2) is 0 Å². The molecule has 1 rings (SSSR count). The third-order valence-electron chi connectivity index (χ3n) is 11.5. The van der Waals surface area contributed by atoms with Crippen molar-refractivity contribution < 1.29 is 73.2 Å². The highest BCUT2D eigenvalue weighted by Gasteiger charge is 2.38. The van der Waals surface area contributed by atoms with Gasteiger partial charge in [0.1, 0.15) is 54.4 Å². The van der Waals surface area contributed by atoms with Gasteiger partial charge >= 0.3 is 5.97 Å². The van der Waals surface area contributed by atoms with Crippen LogP contribution >= 0.6 is 0 Å². The molecule has 1 aliphatic heterocycles. The van der Waals surface area contributed by atoms with Crippen LogP contribution in [0.3, 0.4) is 0 Å². The maximum absolute atomic E-state index is 13.7. The number of hydrogen-bond donors (Lipinski definition) is 14. The molecule has 1 heterocycles. The lowest BCUT2D eigenvalue weighted by atomic mass is 9.99. The normalized spacial score (nSPS) is 18.4. The number of rotatable bonds is 30. The number of carbonyl (C=O) groups excluding carboxylic acids is 10. The van der Waals surface area contributed by atoms with Crippen LogP contribution in [0.1, 0.15) is 108 Å². The summed E-state index contributed by atoms with van der Waals surface area (Å²) in [6.45, 7) is 14.8. The fraction of sp³-hybridized carbons (Fsp3) is 0.756. The SMILES string of the molecule is CC(C)C[C@H](NC(=O)[C@H](C)NC(=O)[C@@H](NC(=O)[C@@H](NC(=O)[C@H](CCC(N)=O)NC(=O)[C@H](CO)NC(=O)[C@@H](NC(=O)[C@H](CC(C)C)NC(=O)[C@@H]1CCCN1C)C(C)C)[C@@H](C)O)[C@@H](C)O)C(=O)N[C@@H](C)C(=O)O. The standard InChI is InChI=1S/C45H79N11O15/c1-20(2)17-28(38(63)48-24(8)45(70)71)50-36(61)23(7)47-43(68)34(25(9)58)55-44(69)35(26(10)59)54-37(62)27(14-15-32(46)60)49-40(65)30(19-57)52-42(67)33(22(5)6)53-39(64)29(18-21(3)4)51-41(66)31-13-12-16-56(31)11/h20-31,33-35,57-59H,12-19H2,1-11H3,(H2,46,60)(H,47,68)(H,48,63)(H,49,65)(H,50,61)(H,51,66)(H,52,67)(H,53,64)(H,54,62)(H,55,69)(H,70,71)/t23-,24-,25+,26+,27-,28-,29-,30-,31-,33-,34-,35-/m0/s1. The Kier molecular flexibility index (Phi) is 26.6. The number of carbonyl (C=O) groups is 11. The van der Waals surface area contributed by atoms with Gasteiger partial charge in [-0.3, -0.25) is 57.6 Å². The second-order valence-electron chi connectivity index (χ2n) is 19.3. The molecule has 71 heavy (non-hydrogen) atoms. The van der Waals surface area contributed by atoms with Gasteiger partial charge in [-0.15, -0.1) is 0 Å². The van der Waals surface area contributed by atoms with E-state index in [1.165, 1.54) is 13.8 Å². The van der Waals surface area contributed by atoms with Gasteiger partial charge in [0.15, 0.2) is 0 Å². The van der Waals surface area contributed by atoms with Gasteiger partial charge in [-0.05, 0) is 91.1 Å². The molecule has 0 aromatic carbocycles. The number of nitrogens with zero attached hydrogens (tertiary/aromatic N) is 1. The number of hydrogen-bond acceptors (Lipinski definition) is 15. The molecule has 26 heteroatoms. The fourth-order valence-corrected chi connectivity index (χ4v) is 7.34. The number of nitrogens with two attached hydrogens (primary N) is 1. The number of likely N-dealkylation sites (N-methyl/N-ethyl adjacent to an activating group) is 1. The van der Waals surface area contributed by atoms with Gasteiger partial charge in [-0.1, -0.05) is 41.5 Å². The first-order valence-electron chi connectivity index (χ1n) is 23.8. The van der Waals surface area contributed by atoms with Gasteiger partial charge in [0.2, 0.25) is 59.1 Å². The number of nitrogens with one attached hydrogen (secondary N) is 9. The topological polar surface area (TPSA) is 406 Å². The van der Waals surface area contributed by atoms with Crippen LogP contribution in [0.5, 0.6) is 0 Å². The molecule has 1 saturated heterocycles. The molecule has 0 aromatic rings. The van der Waals surface area contributed by atoms with Crippen molar-refractivity contribution in [2.24, 2.45) is 23.5 Å². The lowest BCUT2D eigenvalue weighted by Crippen LogP contribution is -2.63. The van der Waals surface area contributed by atoms with E-state index >= 15 is 0 Å². The van der Waals surface area contributed by atoms with Crippen molar-refractivity contribution in [3.63, 3.8) is 0 Å². The average Bonchev–Trinajstić information content (AvgIpc) is 3.70. The van der Waals surface area contributed by atoms with Crippen molar-refractivity contribution in [3.8, 4) is 0 Å². The lowest BCUT2D eigenvalue weighted by Gasteiger charge is -2.29. The molecule has 0 saturated carbocycles. The molecule has 0 aromatic heterocycles. The first kappa shape index (κ1) is 63.0. The minimum Gasteiger partial charge on any atom is -0.480 e. The molecular formula is C45H79N11O15.